The van der Waals surface area contributed by atoms with Crippen LogP contribution in [0.3, 0.4) is 0 Å². The number of aliphatic carboxylic acids is 2. The van der Waals surface area contributed by atoms with Gasteiger partial charge in [0.25, 0.3) is 0 Å². The first-order valence-electron chi connectivity index (χ1n) is 9.29. The van der Waals surface area contributed by atoms with Crippen LogP contribution in [-0.2, 0) is 51.9 Å². The number of carboxylic acid groups (broad SMARTS) is 2. The van der Waals surface area contributed by atoms with Crippen LogP contribution in [0.4, 0.5) is 0 Å². The molecule has 0 aromatic rings. The zero-order valence-corrected chi connectivity index (χ0v) is 19.4. The molecule has 173 valence electrons. The standard InChI is InChI=1S/C8H13N2O5.C8H12N2O5.Y/c9-15-4-5-2-1-3-6(10(13)14)7(5)8(11)12;9-7(11)4-2-1-3-5(10(14)15)6(4)8(12)13;/h5-7,9H,1-4H2,(H,11,12);4-6H,1-3H2,(H3,9,11,12,13);/q-1;;/p-1. The van der Waals surface area contributed by atoms with E-state index in [4.69, 9.17) is 21.8 Å². The predicted octanol–water partition coefficient (Wildman–Crippen LogP) is 1.83. The van der Waals surface area contributed by atoms with E-state index < -0.39 is 63.4 Å². The Hall–Kier alpha value is -1.77. The number of nitro groups is 2. The maximum atomic E-state index is 10.9. The maximum Gasteiger partial charge on any atom is 0.314 e. The van der Waals surface area contributed by atoms with Crippen LogP contribution in [0.5, 0.6) is 0 Å². The monoisotopic (exact) mass is 521 g/mol. The topological polar surface area (TPSA) is 235 Å². The normalized spacial score (nSPS) is 30.0. The molecule has 6 atom stereocenters. The molecular weight excluding hydrogens is 497 g/mol. The van der Waals surface area contributed by atoms with E-state index >= 15 is 0 Å². The Kier molecular flexibility index (Phi) is 12.8. The van der Waals surface area contributed by atoms with Gasteiger partial charge in [-0.15, -0.1) is 0 Å². The Balaban J connectivity index is 0.000000562. The summed E-state index contributed by atoms with van der Waals surface area (Å²) in [6, 6.07) is -2.29. The molecule has 0 heterocycles. The minimum atomic E-state index is -1.36. The molecule has 2 aliphatic carbocycles. The third kappa shape index (κ3) is 8.02. The summed E-state index contributed by atoms with van der Waals surface area (Å²) in [6.07, 6.45) is 2.31. The maximum absolute atomic E-state index is 10.9. The second-order valence-corrected chi connectivity index (χ2v) is 7.34. The Morgan fingerprint density at radius 3 is 1.74 bits per heavy atom. The summed E-state index contributed by atoms with van der Waals surface area (Å²) in [7, 11) is 0. The van der Waals surface area contributed by atoms with Gasteiger partial charge in [-0.05, 0) is 25.7 Å². The van der Waals surface area contributed by atoms with Crippen molar-refractivity contribution >= 4 is 17.8 Å². The Morgan fingerprint density at radius 1 is 0.903 bits per heavy atom. The van der Waals surface area contributed by atoms with Crippen LogP contribution < -0.4 is 0 Å². The van der Waals surface area contributed by atoms with Crippen molar-refractivity contribution in [2.45, 2.75) is 50.6 Å². The van der Waals surface area contributed by atoms with Crippen molar-refractivity contribution < 1.29 is 72.0 Å². The summed E-state index contributed by atoms with van der Waals surface area (Å²) < 4.78 is 0. The molecule has 6 unspecified atom stereocenters. The zero-order chi connectivity index (χ0) is 23.0. The van der Waals surface area contributed by atoms with Crippen LogP contribution in [-0.4, -0.2) is 56.6 Å². The molecule has 0 saturated heterocycles. The molecule has 2 aliphatic rings. The molecule has 0 spiro atoms. The molecule has 0 aromatic carbocycles. The van der Waals surface area contributed by atoms with E-state index in [-0.39, 0.29) is 52.2 Å². The van der Waals surface area contributed by atoms with Gasteiger partial charge in [-0.1, -0.05) is 0 Å². The first-order chi connectivity index (χ1) is 14.0. The number of rotatable bonds is 7. The number of carbonyl (C=O) groups excluding carboxylic acids is 1. The van der Waals surface area contributed by atoms with Gasteiger partial charge in [0.15, 0.2) is 0 Å². The van der Waals surface area contributed by atoms with E-state index in [0.29, 0.717) is 25.7 Å². The van der Waals surface area contributed by atoms with Crippen molar-refractivity contribution in [3.63, 3.8) is 0 Å². The summed E-state index contributed by atoms with van der Waals surface area (Å²) in [6.45, 7) is -0.0543. The van der Waals surface area contributed by atoms with Gasteiger partial charge >= 0.3 is 11.9 Å². The van der Waals surface area contributed by atoms with E-state index in [1.54, 1.807) is 0 Å². The molecule has 14 nitrogen and oxygen atoms in total. The van der Waals surface area contributed by atoms with Gasteiger partial charge in [0.2, 0.25) is 12.1 Å². The van der Waals surface area contributed by atoms with Crippen LogP contribution in [0.1, 0.15) is 38.5 Å². The molecular formula is C16H24N4O10Y-2. The van der Waals surface area contributed by atoms with Crippen LogP contribution in [0.2, 0.25) is 0 Å². The van der Waals surface area contributed by atoms with Gasteiger partial charge in [-0.2, -0.15) is 0 Å². The van der Waals surface area contributed by atoms with Crippen LogP contribution in [0, 0.1) is 43.9 Å². The van der Waals surface area contributed by atoms with Gasteiger partial charge in [-0.25, -0.2) is 0 Å². The van der Waals surface area contributed by atoms with E-state index in [9.17, 15) is 34.6 Å². The Bertz CT molecular complexity index is 655. The minimum Gasteiger partial charge on any atom is -0.668 e. The molecule has 0 bridgehead atoms. The molecule has 31 heavy (non-hydrogen) atoms. The van der Waals surface area contributed by atoms with Gasteiger partial charge in [0.1, 0.15) is 11.8 Å². The second-order valence-electron chi connectivity index (χ2n) is 7.34. The summed E-state index contributed by atoms with van der Waals surface area (Å²) >= 11 is 0. The molecule has 0 aliphatic heterocycles. The average molecular weight is 521 g/mol. The average Bonchev–Trinajstić information content (AvgIpc) is 2.67. The predicted molar refractivity (Wildman–Crippen MR) is 98.1 cm³/mol. The first kappa shape index (κ1) is 29.2. The number of amides is 1. The summed E-state index contributed by atoms with van der Waals surface area (Å²) in [5.74, 6) is -0.806. The summed E-state index contributed by atoms with van der Waals surface area (Å²) in [5.41, 5.74) is 6.90. The molecule has 0 aromatic heterocycles. The number of hydrogen-bond acceptors (Lipinski definition) is 8. The molecule has 2 fully saturated rings. The van der Waals surface area contributed by atoms with Gasteiger partial charge < -0.3 is 31.5 Å². The van der Waals surface area contributed by atoms with E-state index in [0.717, 1.165) is 0 Å². The van der Waals surface area contributed by atoms with E-state index in [2.05, 4.69) is 4.84 Å². The Labute approximate surface area is 202 Å². The summed E-state index contributed by atoms with van der Waals surface area (Å²) in [4.78, 5) is 56.9. The number of carboxylic acids is 2. The second kappa shape index (κ2) is 13.6. The van der Waals surface area contributed by atoms with Crippen molar-refractivity contribution in [2.24, 2.45) is 23.7 Å². The van der Waals surface area contributed by atoms with Gasteiger partial charge in [0, 0.05) is 73.8 Å². The smallest absolute Gasteiger partial charge is 0.314 e. The largest absolute Gasteiger partial charge is 0.668 e. The first-order valence-corrected chi connectivity index (χ1v) is 9.29. The minimum absolute atomic E-state index is 0. The molecule has 1 radical (unpaired) electrons. The van der Waals surface area contributed by atoms with Crippen molar-refractivity contribution in [1.29, 1.82) is 0 Å². The number of hydrogen-bond donors (Lipinski definition) is 2. The van der Waals surface area contributed by atoms with Gasteiger partial charge in [-0.3, -0.25) is 29.8 Å². The fourth-order valence-corrected chi connectivity index (χ4v) is 4.20. The molecule has 2 saturated carbocycles. The summed E-state index contributed by atoms with van der Waals surface area (Å²) in [5, 5.41) is 39.1. The molecule has 2 rings (SSSR count). The van der Waals surface area contributed by atoms with Crippen molar-refractivity contribution in [3.05, 3.63) is 31.9 Å². The third-order valence-corrected chi connectivity index (χ3v) is 5.61. The fourth-order valence-electron chi connectivity index (χ4n) is 4.20. The van der Waals surface area contributed by atoms with Crippen LogP contribution >= 0.6 is 0 Å². The van der Waals surface area contributed by atoms with Crippen molar-refractivity contribution in [1.82, 2.24) is 0 Å². The fraction of sp³-hybridized carbons (Fsp3) is 0.812. The van der Waals surface area contributed by atoms with E-state index in [1.165, 1.54) is 0 Å². The van der Waals surface area contributed by atoms with E-state index in [1.807, 2.05) is 0 Å². The molecule has 4 N–H and O–H groups in total. The molecule has 15 heteroatoms. The van der Waals surface area contributed by atoms with Crippen LogP contribution in [0.25, 0.3) is 11.6 Å². The number of nitrogens with one attached hydrogen (secondary N) is 2. The number of nitrogens with zero attached hydrogens (tertiary/aromatic N) is 2. The number of carbonyl (C=O) groups is 3. The van der Waals surface area contributed by atoms with Crippen molar-refractivity contribution in [3.8, 4) is 0 Å². The quantitative estimate of drug-likeness (QED) is 0.364. The third-order valence-electron chi connectivity index (χ3n) is 5.61. The van der Waals surface area contributed by atoms with Crippen molar-refractivity contribution in [2.75, 3.05) is 6.61 Å². The SMILES string of the molecule is [NH-]C(=O)C1CCCC([N+](=O)[O-])C1C(=O)O.[NH-]OCC1CCCC([N+](=O)[O-])C1C(=O)O.[Y]. The van der Waals surface area contributed by atoms with Gasteiger partial charge in [0.05, 0.1) is 5.91 Å². The van der Waals surface area contributed by atoms with Crippen LogP contribution in [0.15, 0.2) is 0 Å². The Morgan fingerprint density at radius 2 is 1.35 bits per heavy atom. The molecule has 1 amide bonds. The zero-order valence-electron chi connectivity index (χ0n) is 16.5.